The Morgan fingerprint density at radius 3 is 2.91 bits per heavy atom. The van der Waals surface area contributed by atoms with Gasteiger partial charge in [-0.1, -0.05) is 0 Å². The van der Waals surface area contributed by atoms with Gasteiger partial charge in [0.05, 0.1) is 4.92 Å². The second-order valence-electron chi connectivity index (χ2n) is 5.65. The van der Waals surface area contributed by atoms with E-state index in [1.807, 2.05) is 4.90 Å². The Morgan fingerprint density at radius 1 is 1.41 bits per heavy atom. The fraction of sp³-hybridized carbons (Fsp3) is 0.692. The van der Waals surface area contributed by atoms with Gasteiger partial charge < -0.3 is 10.2 Å². The molecule has 0 saturated carbocycles. The van der Waals surface area contributed by atoms with Crippen molar-refractivity contribution in [3.05, 3.63) is 22.5 Å². The molecule has 1 aromatic rings. The zero-order valence-corrected chi connectivity index (χ0v) is 13.0. The third kappa shape index (κ3) is 3.38. The predicted molar refractivity (Wildman–Crippen MR) is 81.9 cm³/mol. The lowest BCUT2D eigenvalue weighted by Crippen LogP contribution is -2.42. The van der Waals surface area contributed by atoms with Crippen LogP contribution in [-0.4, -0.2) is 50.7 Å². The van der Waals surface area contributed by atoms with Gasteiger partial charge in [0.2, 0.25) is 5.91 Å². The van der Waals surface area contributed by atoms with Crippen LogP contribution in [0, 0.1) is 10.1 Å². The smallest absolute Gasteiger partial charge is 0.306 e. The minimum Gasteiger partial charge on any atom is -0.335 e. The lowest BCUT2D eigenvalue weighted by atomic mass is 10.1. The minimum absolute atomic E-state index is 0. The average molecular weight is 330 g/mol. The molecule has 2 fully saturated rings. The second-order valence-corrected chi connectivity index (χ2v) is 5.65. The molecule has 2 aliphatic heterocycles. The van der Waals surface area contributed by atoms with E-state index < -0.39 is 4.92 Å². The molecule has 1 N–H and O–H groups in total. The van der Waals surface area contributed by atoms with Gasteiger partial charge >= 0.3 is 5.69 Å². The maximum absolute atomic E-state index is 12.4. The summed E-state index contributed by atoms with van der Waals surface area (Å²) < 4.78 is 1.47. The number of carbonyl (C=O) groups excluding carboxylic acids is 1. The third-order valence-electron chi connectivity index (χ3n) is 4.33. The van der Waals surface area contributed by atoms with E-state index in [1.54, 1.807) is 0 Å². The van der Waals surface area contributed by atoms with Crippen molar-refractivity contribution in [2.45, 2.75) is 44.3 Å². The maximum atomic E-state index is 12.4. The Bertz CT molecular complexity index is 536. The number of amides is 1. The van der Waals surface area contributed by atoms with Gasteiger partial charge in [0.1, 0.15) is 12.4 Å². The standard InChI is InChI=1S/C13H19N5O3.ClH/c19-13(4-6-16-9-12(8-15-16)18(20)21)17-10-1-2-11(17)7-14-5-3-10;/h8-11,14H,1-7H2;1H. The normalized spacial score (nSPS) is 23.7. The zero-order chi connectivity index (χ0) is 14.8. The summed E-state index contributed by atoms with van der Waals surface area (Å²) in [6.07, 6.45) is 6.08. The fourth-order valence-corrected chi connectivity index (χ4v) is 3.30. The summed E-state index contributed by atoms with van der Waals surface area (Å²) in [5.74, 6) is 0.129. The van der Waals surface area contributed by atoms with Crippen LogP contribution in [0.2, 0.25) is 0 Å². The lowest BCUT2D eigenvalue weighted by Gasteiger charge is -2.27. The van der Waals surface area contributed by atoms with E-state index in [4.69, 9.17) is 0 Å². The van der Waals surface area contributed by atoms with Crippen LogP contribution < -0.4 is 5.32 Å². The summed E-state index contributed by atoms with van der Waals surface area (Å²) in [7, 11) is 0. The second kappa shape index (κ2) is 7.06. The number of fused-ring (bicyclic) bond motifs is 2. The molecule has 3 rings (SSSR count). The van der Waals surface area contributed by atoms with Gasteiger partial charge in [-0.05, 0) is 25.8 Å². The van der Waals surface area contributed by atoms with Gasteiger partial charge in [0.15, 0.2) is 0 Å². The van der Waals surface area contributed by atoms with Gasteiger partial charge in [-0.2, -0.15) is 5.10 Å². The van der Waals surface area contributed by atoms with E-state index >= 15 is 0 Å². The van der Waals surface area contributed by atoms with Crippen LogP contribution in [0.4, 0.5) is 5.69 Å². The number of nitrogens with zero attached hydrogens (tertiary/aromatic N) is 4. The molecule has 2 bridgehead atoms. The topological polar surface area (TPSA) is 93.3 Å². The van der Waals surface area contributed by atoms with E-state index in [2.05, 4.69) is 10.4 Å². The molecule has 0 spiro atoms. The van der Waals surface area contributed by atoms with E-state index in [0.717, 1.165) is 32.4 Å². The summed E-state index contributed by atoms with van der Waals surface area (Å²) in [4.78, 5) is 24.6. The molecule has 2 unspecified atom stereocenters. The molecule has 0 radical (unpaired) electrons. The Hall–Kier alpha value is -1.67. The zero-order valence-electron chi connectivity index (χ0n) is 12.2. The molecule has 1 amide bonds. The van der Waals surface area contributed by atoms with Crippen molar-refractivity contribution in [3.8, 4) is 0 Å². The Balaban J connectivity index is 0.00000176. The number of halogens is 1. The number of rotatable bonds is 4. The quantitative estimate of drug-likeness (QED) is 0.656. The van der Waals surface area contributed by atoms with Crippen molar-refractivity contribution in [3.63, 3.8) is 0 Å². The summed E-state index contributed by atoms with van der Waals surface area (Å²) in [6, 6.07) is 0.654. The van der Waals surface area contributed by atoms with Gasteiger partial charge in [-0.15, -0.1) is 12.4 Å². The monoisotopic (exact) mass is 329 g/mol. The highest BCUT2D eigenvalue weighted by Gasteiger charge is 2.37. The largest absolute Gasteiger partial charge is 0.335 e. The number of hydrogen-bond acceptors (Lipinski definition) is 5. The number of aromatic nitrogens is 2. The first-order valence-electron chi connectivity index (χ1n) is 7.34. The van der Waals surface area contributed by atoms with Crippen LogP contribution in [-0.2, 0) is 11.3 Å². The average Bonchev–Trinajstić information content (AvgIpc) is 3.00. The van der Waals surface area contributed by atoms with E-state index in [9.17, 15) is 14.9 Å². The molecule has 8 nitrogen and oxygen atoms in total. The lowest BCUT2D eigenvalue weighted by molar-refractivity contribution is -0.385. The van der Waals surface area contributed by atoms with E-state index in [-0.39, 0.29) is 24.0 Å². The van der Waals surface area contributed by atoms with Crippen molar-refractivity contribution < 1.29 is 9.72 Å². The van der Waals surface area contributed by atoms with E-state index in [1.165, 1.54) is 17.1 Å². The van der Waals surface area contributed by atoms with Gasteiger partial charge in [-0.25, -0.2) is 0 Å². The molecule has 2 saturated heterocycles. The van der Waals surface area contributed by atoms with Crippen molar-refractivity contribution >= 4 is 24.0 Å². The molecular formula is C13H20ClN5O3. The maximum Gasteiger partial charge on any atom is 0.306 e. The van der Waals surface area contributed by atoms with Crippen molar-refractivity contribution in [1.29, 1.82) is 0 Å². The number of nitro groups is 1. The fourth-order valence-electron chi connectivity index (χ4n) is 3.30. The van der Waals surface area contributed by atoms with Crippen LogP contribution in [0.3, 0.4) is 0 Å². The molecule has 2 aliphatic rings. The van der Waals surface area contributed by atoms with Crippen molar-refractivity contribution in [2.24, 2.45) is 0 Å². The highest BCUT2D eigenvalue weighted by Crippen LogP contribution is 2.28. The number of carbonyl (C=O) groups is 1. The van der Waals surface area contributed by atoms with Crippen LogP contribution >= 0.6 is 12.4 Å². The molecular weight excluding hydrogens is 310 g/mol. The van der Waals surface area contributed by atoms with Crippen LogP contribution in [0.15, 0.2) is 12.4 Å². The molecule has 122 valence electrons. The first kappa shape index (κ1) is 16.7. The number of hydrogen-bond donors (Lipinski definition) is 1. The number of aryl methyl sites for hydroxylation is 1. The van der Waals surface area contributed by atoms with Crippen molar-refractivity contribution in [1.82, 2.24) is 20.0 Å². The van der Waals surface area contributed by atoms with E-state index in [0.29, 0.717) is 25.0 Å². The molecule has 0 aromatic carbocycles. The molecule has 9 heteroatoms. The SMILES string of the molecule is Cl.O=C(CCn1cc([N+](=O)[O-])cn1)N1C2CCNCC1CC2. The first-order valence-corrected chi connectivity index (χ1v) is 7.34. The predicted octanol–water partition coefficient (Wildman–Crippen LogP) is 0.956. The van der Waals surface area contributed by atoms with Gasteiger partial charge in [-0.3, -0.25) is 19.6 Å². The van der Waals surface area contributed by atoms with Crippen LogP contribution in [0.1, 0.15) is 25.7 Å². The highest BCUT2D eigenvalue weighted by molar-refractivity contribution is 5.85. The molecule has 1 aromatic heterocycles. The molecule has 22 heavy (non-hydrogen) atoms. The number of nitrogens with one attached hydrogen (secondary N) is 1. The summed E-state index contributed by atoms with van der Waals surface area (Å²) >= 11 is 0. The summed E-state index contributed by atoms with van der Waals surface area (Å²) in [5, 5.41) is 17.9. The Morgan fingerprint density at radius 2 is 2.18 bits per heavy atom. The first-order chi connectivity index (χ1) is 10.1. The van der Waals surface area contributed by atoms with Gasteiger partial charge in [0.25, 0.3) is 0 Å². The Labute approximate surface area is 134 Å². The van der Waals surface area contributed by atoms with Gasteiger partial charge in [0, 0.05) is 31.6 Å². The highest BCUT2D eigenvalue weighted by atomic mass is 35.5. The van der Waals surface area contributed by atoms with Crippen LogP contribution in [0.5, 0.6) is 0 Å². The minimum atomic E-state index is -0.480. The van der Waals surface area contributed by atoms with Crippen molar-refractivity contribution in [2.75, 3.05) is 13.1 Å². The molecule has 3 heterocycles. The summed E-state index contributed by atoms with van der Waals surface area (Å²) in [5.41, 5.74) is -0.0403. The third-order valence-corrected chi connectivity index (χ3v) is 4.33. The van der Waals surface area contributed by atoms with Crippen LogP contribution in [0.25, 0.3) is 0 Å². The molecule has 2 atom stereocenters. The summed E-state index contributed by atoms with van der Waals surface area (Å²) in [6.45, 7) is 2.22. The Kier molecular flexibility index (Phi) is 5.36. The molecule has 0 aliphatic carbocycles.